The summed E-state index contributed by atoms with van der Waals surface area (Å²) in [7, 11) is 0. The Kier molecular flexibility index (Phi) is 7.44. The highest BCUT2D eigenvalue weighted by Crippen LogP contribution is 2.41. The number of aliphatic hydroxyl groups excluding tert-OH is 1. The van der Waals surface area contributed by atoms with E-state index in [0.717, 1.165) is 4.47 Å². The monoisotopic (exact) mass is 554 g/mol. The van der Waals surface area contributed by atoms with Gasteiger partial charge in [-0.15, -0.1) is 0 Å². The first-order valence-corrected chi connectivity index (χ1v) is 12.4. The molecule has 188 valence electrons. The van der Waals surface area contributed by atoms with Crippen LogP contribution in [0.4, 0.5) is 0 Å². The van der Waals surface area contributed by atoms with Crippen molar-refractivity contribution in [2.75, 3.05) is 13.2 Å². The van der Waals surface area contributed by atoms with Crippen molar-refractivity contribution >= 4 is 39.3 Å². The molecule has 0 radical (unpaired) electrons. The summed E-state index contributed by atoms with van der Waals surface area (Å²) in [5.41, 5.74) is 2.12. The number of aromatic amines is 1. The molecule has 0 spiro atoms. The van der Waals surface area contributed by atoms with Crippen molar-refractivity contribution in [3.63, 3.8) is 0 Å². The third kappa shape index (κ3) is 4.73. The summed E-state index contributed by atoms with van der Waals surface area (Å²) in [6.07, 6.45) is 5.79. The first-order chi connectivity index (χ1) is 17.2. The zero-order valence-electron chi connectivity index (χ0n) is 20.2. The minimum Gasteiger partial charge on any atom is -0.507 e. The molecule has 2 aromatic heterocycles. The number of aryl methyl sites for hydroxylation is 2. The Balaban J connectivity index is 1.79. The molecule has 0 unspecified atom stereocenters. The van der Waals surface area contributed by atoms with Gasteiger partial charge in [-0.05, 0) is 50.5 Å². The van der Waals surface area contributed by atoms with Crippen molar-refractivity contribution < 1.29 is 24.2 Å². The summed E-state index contributed by atoms with van der Waals surface area (Å²) in [5, 5.41) is 11.5. The van der Waals surface area contributed by atoms with E-state index in [1.807, 2.05) is 35.0 Å². The topological polar surface area (TPSA) is 118 Å². The van der Waals surface area contributed by atoms with Crippen molar-refractivity contribution in [3.05, 3.63) is 81.1 Å². The minimum absolute atomic E-state index is 0.0126. The summed E-state index contributed by atoms with van der Waals surface area (Å²) in [6, 6.07) is 6.52. The molecule has 9 nitrogen and oxygen atoms in total. The van der Waals surface area contributed by atoms with Gasteiger partial charge in [-0.25, -0.2) is 9.78 Å². The van der Waals surface area contributed by atoms with E-state index in [9.17, 15) is 19.5 Å². The molecule has 0 bridgehead atoms. The van der Waals surface area contributed by atoms with Gasteiger partial charge in [-0.3, -0.25) is 9.59 Å². The van der Waals surface area contributed by atoms with E-state index in [1.165, 1.54) is 4.90 Å². The quantitative estimate of drug-likeness (QED) is 0.186. The lowest BCUT2D eigenvalue weighted by Gasteiger charge is -2.25. The minimum atomic E-state index is -0.787. The number of ketones is 1. The maximum atomic E-state index is 13.3. The smallest absolute Gasteiger partial charge is 0.355 e. The maximum absolute atomic E-state index is 13.3. The van der Waals surface area contributed by atoms with E-state index in [4.69, 9.17) is 4.74 Å². The highest BCUT2D eigenvalue weighted by Gasteiger charge is 2.46. The van der Waals surface area contributed by atoms with Gasteiger partial charge in [0.25, 0.3) is 11.7 Å². The summed E-state index contributed by atoms with van der Waals surface area (Å²) >= 11 is 3.46. The zero-order valence-corrected chi connectivity index (χ0v) is 21.8. The molecule has 3 aromatic rings. The van der Waals surface area contributed by atoms with Gasteiger partial charge in [0.1, 0.15) is 11.5 Å². The largest absolute Gasteiger partial charge is 0.507 e. The maximum Gasteiger partial charge on any atom is 0.355 e. The fourth-order valence-electron chi connectivity index (χ4n) is 4.62. The second kappa shape index (κ2) is 10.5. The molecule has 4 rings (SSSR count). The number of nitrogens with one attached hydrogen (secondary N) is 1. The van der Waals surface area contributed by atoms with Gasteiger partial charge in [-0.1, -0.05) is 28.1 Å². The Morgan fingerprint density at radius 2 is 2.03 bits per heavy atom. The third-order valence-electron chi connectivity index (χ3n) is 6.23. The standard InChI is InChI=1S/C26H27BrN4O5/c1-4-36-26(35)21-15(2)19(16(3)29-21)23(32)20-22(17-7-5-8-18(27)13-17)31(25(34)24(20)33)11-6-10-30-12-9-28-14-30/h5,7-9,12-14,22,29,32H,4,6,10-11H2,1-3H3/t22-/m0/s1. The van der Waals surface area contributed by atoms with E-state index < -0.39 is 23.7 Å². The van der Waals surface area contributed by atoms with Gasteiger partial charge in [0.2, 0.25) is 0 Å². The number of rotatable bonds is 8. The Hall–Kier alpha value is -3.66. The van der Waals surface area contributed by atoms with E-state index in [0.29, 0.717) is 41.9 Å². The van der Waals surface area contributed by atoms with Gasteiger partial charge in [0.15, 0.2) is 0 Å². The predicted octanol–water partition coefficient (Wildman–Crippen LogP) is 4.28. The molecule has 36 heavy (non-hydrogen) atoms. The molecule has 0 saturated carbocycles. The number of benzene rings is 1. The van der Waals surface area contributed by atoms with Crippen LogP contribution in [-0.4, -0.2) is 55.4 Å². The van der Waals surface area contributed by atoms with E-state index in [2.05, 4.69) is 25.9 Å². The lowest BCUT2D eigenvalue weighted by Crippen LogP contribution is -2.31. The molecule has 1 aliphatic heterocycles. The lowest BCUT2D eigenvalue weighted by atomic mass is 9.94. The average molecular weight is 555 g/mol. The molecule has 1 amide bonds. The number of aliphatic hydroxyl groups is 1. The van der Waals surface area contributed by atoms with E-state index in [1.54, 1.807) is 33.3 Å². The summed E-state index contributed by atoms with van der Waals surface area (Å²) in [5.74, 6) is -2.32. The number of esters is 1. The van der Waals surface area contributed by atoms with Crippen LogP contribution in [0.15, 0.2) is 53.0 Å². The van der Waals surface area contributed by atoms with Gasteiger partial charge in [0.05, 0.1) is 24.5 Å². The second-order valence-electron chi connectivity index (χ2n) is 8.55. The number of Topliss-reactive ketones (excluding diaryl/α,β-unsaturated/α-hetero) is 1. The molecule has 1 saturated heterocycles. The number of nitrogens with zero attached hydrogens (tertiary/aromatic N) is 3. The highest BCUT2D eigenvalue weighted by molar-refractivity contribution is 9.10. The Labute approximate surface area is 216 Å². The van der Waals surface area contributed by atoms with Crippen molar-refractivity contribution in [1.29, 1.82) is 0 Å². The van der Waals surface area contributed by atoms with Crippen LogP contribution in [0, 0.1) is 13.8 Å². The Morgan fingerprint density at radius 3 is 2.69 bits per heavy atom. The molecule has 10 heteroatoms. The fraction of sp³-hybridized carbons (Fsp3) is 0.308. The Morgan fingerprint density at radius 1 is 1.25 bits per heavy atom. The van der Waals surface area contributed by atoms with Crippen LogP contribution >= 0.6 is 15.9 Å². The molecule has 2 N–H and O–H groups in total. The fourth-order valence-corrected chi connectivity index (χ4v) is 5.04. The SMILES string of the molecule is CCOC(=O)c1[nH]c(C)c(C(O)=C2C(=O)C(=O)N(CCCn3ccnc3)[C@H]2c2cccc(Br)c2)c1C. The van der Waals surface area contributed by atoms with E-state index in [-0.39, 0.29) is 23.6 Å². The predicted molar refractivity (Wildman–Crippen MR) is 136 cm³/mol. The van der Waals surface area contributed by atoms with Crippen LogP contribution in [0.25, 0.3) is 5.76 Å². The number of likely N-dealkylation sites (tertiary alicyclic amines) is 1. The van der Waals surface area contributed by atoms with Crippen LogP contribution < -0.4 is 0 Å². The third-order valence-corrected chi connectivity index (χ3v) is 6.73. The number of carbonyl (C=O) groups is 3. The molecule has 3 heterocycles. The van der Waals surface area contributed by atoms with Crippen LogP contribution in [0.1, 0.15) is 52.3 Å². The number of imidazole rings is 1. The van der Waals surface area contributed by atoms with Crippen molar-refractivity contribution in [3.8, 4) is 0 Å². The molecular weight excluding hydrogens is 528 g/mol. The van der Waals surface area contributed by atoms with Gasteiger partial charge >= 0.3 is 5.97 Å². The van der Waals surface area contributed by atoms with Crippen LogP contribution in [0.5, 0.6) is 0 Å². The average Bonchev–Trinajstić information content (AvgIpc) is 3.52. The lowest BCUT2D eigenvalue weighted by molar-refractivity contribution is -0.139. The number of H-pyrrole nitrogens is 1. The summed E-state index contributed by atoms with van der Waals surface area (Å²) in [6.45, 7) is 6.18. The zero-order chi connectivity index (χ0) is 26.0. The number of carbonyl (C=O) groups excluding carboxylic acids is 3. The van der Waals surface area contributed by atoms with Crippen molar-refractivity contribution in [2.45, 2.75) is 39.8 Å². The van der Waals surface area contributed by atoms with Crippen molar-refractivity contribution in [2.24, 2.45) is 0 Å². The number of aromatic nitrogens is 3. The Bertz CT molecular complexity index is 1340. The molecule has 1 aliphatic rings. The normalized spacial score (nSPS) is 17.1. The van der Waals surface area contributed by atoms with Crippen LogP contribution in [0.3, 0.4) is 0 Å². The molecule has 0 aliphatic carbocycles. The number of halogens is 1. The summed E-state index contributed by atoms with van der Waals surface area (Å²) in [4.78, 5) is 47.4. The van der Waals surface area contributed by atoms with E-state index >= 15 is 0 Å². The molecule has 1 aromatic carbocycles. The number of ether oxygens (including phenoxy) is 1. The first kappa shape index (κ1) is 25.4. The number of amides is 1. The van der Waals surface area contributed by atoms with Crippen LogP contribution in [0.2, 0.25) is 0 Å². The first-order valence-electron chi connectivity index (χ1n) is 11.6. The summed E-state index contributed by atoms with van der Waals surface area (Å²) < 4.78 is 7.78. The molecule has 1 atom stereocenters. The molecule has 1 fully saturated rings. The number of hydrogen-bond acceptors (Lipinski definition) is 6. The second-order valence-corrected chi connectivity index (χ2v) is 9.46. The number of hydrogen-bond donors (Lipinski definition) is 2. The van der Waals surface area contributed by atoms with Crippen molar-refractivity contribution in [1.82, 2.24) is 19.4 Å². The van der Waals surface area contributed by atoms with Gasteiger partial charge < -0.3 is 24.3 Å². The van der Waals surface area contributed by atoms with Gasteiger partial charge in [0, 0.05) is 41.2 Å². The van der Waals surface area contributed by atoms with Gasteiger partial charge in [-0.2, -0.15) is 0 Å². The highest BCUT2D eigenvalue weighted by atomic mass is 79.9. The van der Waals surface area contributed by atoms with Crippen LogP contribution in [-0.2, 0) is 20.9 Å². The molecular formula is C26H27BrN4O5.